The van der Waals surface area contributed by atoms with Gasteiger partial charge in [-0.2, -0.15) is 13.2 Å². The van der Waals surface area contributed by atoms with Crippen LogP contribution in [0.25, 0.3) is 11.4 Å². The predicted molar refractivity (Wildman–Crippen MR) is 45.7 cm³/mol. The molecule has 3 nitrogen and oxygen atoms in total. The molecule has 2 aromatic rings. The number of rotatable bonds is 1. The van der Waals surface area contributed by atoms with E-state index in [9.17, 15) is 13.2 Å². The molecule has 1 radical (unpaired) electrons. The summed E-state index contributed by atoms with van der Waals surface area (Å²) in [7, 11) is 0. The zero-order valence-corrected chi connectivity index (χ0v) is 7.34. The molecule has 77 valence electrons. The number of halogens is 3. The summed E-state index contributed by atoms with van der Waals surface area (Å²) in [5, 5.41) is 5.90. The first-order valence-electron chi connectivity index (χ1n) is 4.03. The lowest BCUT2D eigenvalue weighted by Gasteiger charge is -2.06. The van der Waals surface area contributed by atoms with Crippen LogP contribution >= 0.6 is 0 Å². The van der Waals surface area contributed by atoms with E-state index in [1.54, 1.807) is 0 Å². The van der Waals surface area contributed by atoms with Crippen LogP contribution in [0.1, 0.15) is 5.56 Å². The van der Waals surface area contributed by atoms with Gasteiger partial charge in [-0.3, -0.25) is 5.10 Å². The van der Waals surface area contributed by atoms with Crippen LogP contribution in [0.2, 0.25) is 0 Å². The van der Waals surface area contributed by atoms with Crippen molar-refractivity contribution in [3.63, 3.8) is 0 Å². The molecule has 0 unspecified atom stereocenters. The molecule has 6 heteroatoms. The maximum absolute atomic E-state index is 12.4. The minimum absolute atomic E-state index is 0.265. The van der Waals surface area contributed by atoms with Crippen molar-refractivity contribution in [3.05, 3.63) is 36.2 Å². The van der Waals surface area contributed by atoms with Gasteiger partial charge < -0.3 is 0 Å². The fraction of sp³-hybridized carbons (Fsp3) is 0.111. The van der Waals surface area contributed by atoms with Crippen LogP contribution in [0.4, 0.5) is 13.2 Å². The van der Waals surface area contributed by atoms with E-state index in [0.717, 1.165) is 12.1 Å². The lowest BCUT2D eigenvalue weighted by atomic mass is 10.1. The van der Waals surface area contributed by atoms with Gasteiger partial charge >= 0.3 is 6.18 Å². The summed E-state index contributed by atoms with van der Waals surface area (Å²) < 4.78 is 37.1. The summed E-state index contributed by atoms with van der Waals surface area (Å²) in [6.07, 6.45) is -2.10. The normalized spacial score (nSPS) is 11.7. The number of H-pyrrole nitrogens is 1. The smallest absolute Gasteiger partial charge is 0.259 e. The largest absolute Gasteiger partial charge is 0.416 e. The van der Waals surface area contributed by atoms with Crippen molar-refractivity contribution >= 4 is 0 Å². The van der Waals surface area contributed by atoms with Crippen LogP contribution in [0.15, 0.2) is 24.3 Å². The highest BCUT2D eigenvalue weighted by Crippen LogP contribution is 2.31. The van der Waals surface area contributed by atoms with Crippen LogP contribution in [-0.2, 0) is 6.18 Å². The van der Waals surface area contributed by atoms with Crippen molar-refractivity contribution in [2.45, 2.75) is 6.18 Å². The number of benzene rings is 1. The molecular weight excluding hydrogens is 207 g/mol. The zero-order chi connectivity index (χ0) is 10.9. The Morgan fingerprint density at radius 2 is 2.07 bits per heavy atom. The summed E-state index contributed by atoms with van der Waals surface area (Å²) in [4.78, 5) is 3.65. The molecule has 0 aliphatic rings. The third-order valence-electron chi connectivity index (χ3n) is 1.84. The lowest BCUT2D eigenvalue weighted by Crippen LogP contribution is -2.04. The second-order valence-corrected chi connectivity index (χ2v) is 2.86. The van der Waals surface area contributed by atoms with Gasteiger partial charge in [0.2, 0.25) is 6.33 Å². The molecule has 0 saturated heterocycles. The standard InChI is InChI=1S/C9H5F3N3/c10-9(11,12)7-3-1-2-6(4-7)8-13-5-14-15-8/h1-4H,(H,13,14,15). The zero-order valence-electron chi connectivity index (χ0n) is 7.34. The summed E-state index contributed by atoms with van der Waals surface area (Å²) in [6, 6.07) is 4.85. The molecule has 0 atom stereocenters. The summed E-state index contributed by atoms with van der Waals surface area (Å²) >= 11 is 0. The Kier molecular flexibility index (Phi) is 2.18. The van der Waals surface area contributed by atoms with Crippen LogP contribution in [0.3, 0.4) is 0 Å². The molecule has 1 aromatic carbocycles. The Bertz CT molecular complexity index is 448. The first-order valence-corrected chi connectivity index (χ1v) is 4.03. The van der Waals surface area contributed by atoms with E-state index in [4.69, 9.17) is 0 Å². The molecule has 2 rings (SSSR count). The van der Waals surface area contributed by atoms with Crippen molar-refractivity contribution in [1.82, 2.24) is 15.2 Å². The highest BCUT2D eigenvalue weighted by molar-refractivity contribution is 5.55. The molecule has 1 aromatic heterocycles. The Labute approximate surface area is 83.0 Å². The topological polar surface area (TPSA) is 41.6 Å². The first-order chi connectivity index (χ1) is 7.07. The van der Waals surface area contributed by atoms with Crippen LogP contribution in [0.5, 0.6) is 0 Å². The van der Waals surface area contributed by atoms with Crippen LogP contribution in [-0.4, -0.2) is 15.2 Å². The minimum Gasteiger partial charge on any atom is -0.259 e. The molecule has 0 amide bonds. The molecule has 0 saturated carbocycles. The highest BCUT2D eigenvalue weighted by atomic mass is 19.4. The molecule has 15 heavy (non-hydrogen) atoms. The van der Waals surface area contributed by atoms with Crippen molar-refractivity contribution in [2.24, 2.45) is 0 Å². The van der Waals surface area contributed by atoms with Gasteiger partial charge in [0.15, 0.2) is 5.82 Å². The number of aromatic amines is 1. The second-order valence-electron chi connectivity index (χ2n) is 2.86. The molecule has 0 spiro atoms. The quantitative estimate of drug-likeness (QED) is 0.787. The van der Waals surface area contributed by atoms with Gasteiger partial charge in [0.05, 0.1) is 5.56 Å². The van der Waals surface area contributed by atoms with Crippen molar-refractivity contribution in [2.75, 3.05) is 0 Å². The molecule has 0 fully saturated rings. The highest BCUT2D eigenvalue weighted by Gasteiger charge is 2.30. The average Bonchev–Trinajstić information content (AvgIpc) is 2.69. The molecule has 1 heterocycles. The van der Waals surface area contributed by atoms with E-state index < -0.39 is 11.7 Å². The van der Waals surface area contributed by atoms with E-state index in [-0.39, 0.29) is 5.82 Å². The van der Waals surface area contributed by atoms with Gasteiger partial charge in [0.25, 0.3) is 0 Å². The van der Waals surface area contributed by atoms with Crippen molar-refractivity contribution < 1.29 is 13.2 Å². The summed E-state index contributed by atoms with van der Waals surface area (Å²) in [5.41, 5.74) is -0.380. The number of hydrogen-bond donors (Lipinski definition) is 1. The monoisotopic (exact) mass is 212 g/mol. The maximum atomic E-state index is 12.4. The molecule has 0 aliphatic heterocycles. The lowest BCUT2D eigenvalue weighted by molar-refractivity contribution is -0.137. The number of aromatic nitrogens is 3. The summed E-state index contributed by atoms with van der Waals surface area (Å²) in [5.74, 6) is 0.265. The Morgan fingerprint density at radius 1 is 1.27 bits per heavy atom. The summed E-state index contributed by atoms with van der Waals surface area (Å²) in [6.45, 7) is 0. The fourth-order valence-corrected chi connectivity index (χ4v) is 1.15. The Morgan fingerprint density at radius 3 is 2.67 bits per heavy atom. The number of alkyl halides is 3. The van der Waals surface area contributed by atoms with Crippen molar-refractivity contribution in [3.8, 4) is 11.4 Å². The van der Waals surface area contributed by atoms with Gasteiger partial charge in [-0.15, -0.1) is 5.10 Å². The van der Waals surface area contributed by atoms with Gasteiger partial charge in [0, 0.05) is 5.56 Å². The average molecular weight is 212 g/mol. The minimum atomic E-state index is -4.35. The van der Waals surface area contributed by atoms with Crippen LogP contribution in [0, 0.1) is 6.33 Å². The third kappa shape index (κ3) is 1.98. The van der Waals surface area contributed by atoms with Gasteiger partial charge in [-0.1, -0.05) is 12.1 Å². The number of nitrogens with one attached hydrogen (secondary N) is 1. The SMILES string of the molecule is FC(F)(F)c1cccc(-c2n[c]n[nH]2)c1. The first kappa shape index (κ1) is 9.70. The van der Waals surface area contributed by atoms with Crippen molar-refractivity contribution in [1.29, 1.82) is 0 Å². The van der Waals surface area contributed by atoms with Gasteiger partial charge in [-0.05, 0) is 12.1 Å². The molecule has 1 N–H and O–H groups in total. The number of hydrogen-bond acceptors (Lipinski definition) is 2. The molecule has 0 aliphatic carbocycles. The second kappa shape index (κ2) is 3.38. The predicted octanol–water partition coefficient (Wildman–Crippen LogP) is 2.29. The van der Waals surface area contributed by atoms with Crippen LogP contribution < -0.4 is 0 Å². The van der Waals surface area contributed by atoms with E-state index in [0.29, 0.717) is 5.56 Å². The number of nitrogens with zero attached hydrogens (tertiary/aromatic N) is 2. The Balaban J connectivity index is 2.44. The van der Waals surface area contributed by atoms with E-state index in [1.165, 1.54) is 12.1 Å². The van der Waals surface area contributed by atoms with E-state index >= 15 is 0 Å². The molecular formula is C9H5F3N3. The van der Waals surface area contributed by atoms with Gasteiger partial charge in [-0.25, -0.2) is 4.98 Å². The third-order valence-corrected chi connectivity index (χ3v) is 1.84. The molecule has 0 bridgehead atoms. The van der Waals surface area contributed by atoms with Gasteiger partial charge in [0.1, 0.15) is 0 Å². The maximum Gasteiger partial charge on any atom is 0.416 e. The van der Waals surface area contributed by atoms with E-state index in [2.05, 4.69) is 21.5 Å². The fourth-order valence-electron chi connectivity index (χ4n) is 1.15. The Hall–Kier alpha value is -1.85. The van der Waals surface area contributed by atoms with E-state index in [1.807, 2.05) is 0 Å².